The van der Waals surface area contributed by atoms with Crippen LogP contribution in [0.25, 0.3) is 6.08 Å². The quantitative estimate of drug-likeness (QED) is 0.878. The molecule has 2 aromatic heterocycles. The summed E-state index contributed by atoms with van der Waals surface area (Å²) >= 11 is 1.54. The van der Waals surface area contributed by atoms with Crippen LogP contribution in [0.5, 0.6) is 0 Å². The zero-order chi connectivity index (χ0) is 16.1. The summed E-state index contributed by atoms with van der Waals surface area (Å²) in [6.45, 7) is 1.63. The van der Waals surface area contributed by atoms with Gasteiger partial charge in [0.05, 0.1) is 6.61 Å². The zero-order valence-corrected chi connectivity index (χ0v) is 13.7. The van der Waals surface area contributed by atoms with Gasteiger partial charge in [-0.15, -0.1) is 11.3 Å². The Hall–Kier alpha value is -1.98. The van der Waals surface area contributed by atoms with E-state index in [-0.39, 0.29) is 12.5 Å². The molecule has 0 aromatic carbocycles. The van der Waals surface area contributed by atoms with Gasteiger partial charge in [-0.1, -0.05) is 0 Å². The maximum atomic E-state index is 12.3. The normalized spacial score (nSPS) is 16.1. The van der Waals surface area contributed by atoms with Crippen molar-refractivity contribution in [3.8, 4) is 0 Å². The van der Waals surface area contributed by atoms with Crippen molar-refractivity contribution >= 4 is 23.3 Å². The van der Waals surface area contributed by atoms with Gasteiger partial charge >= 0.3 is 0 Å². The lowest BCUT2D eigenvalue weighted by atomic mass is 9.90. The van der Waals surface area contributed by atoms with Crippen molar-refractivity contribution in [3.63, 3.8) is 0 Å². The number of thiophene rings is 1. The summed E-state index contributed by atoms with van der Waals surface area (Å²) in [6, 6.07) is 6.04. The fourth-order valence-electron chi connectivity index (χ4n) is 2.89. The van der Waals surface area contributed by atoms with Gasteiger partial charge in [0.15, 0.2) is 0 Å². The molecule has 1 aliphatic heterocycles. The first-order valence-corrected chi connectivity index (χ1v) is 8.69. The molecule has 0 spiro atoms. The number of nitrogens with zero attached hydrogens (tertiary/aromatic N) is 2. The zero-order valence-electron chi connectivity index (χ0n) is 12.9. The number of aromatic nitrogens is 1. The lowest BCUT2D eigenvalue weighted by Gasteiger charge is -2.31. The van der Waals surface area contributed by atoms with Gasteiger partial charge in [0, 0.05) is 36.4 Å². The molecule has 120 valence electrons. The molecule has 1 fully saturated rings. The molecule has 0 saturated carbocycles. The minimum atomic E-state index is 0.0425. The number of piperidine rings is 1. The van der Waals surface area contributed by atoms with E-state index in [9.17, 15) is 4.79 Å². The molecule has 1 saturated heterocycles. The van der Waals surface area contributed by atoms with Crippen LogP contribution in [0.15, 0.2) is 42.0 Å². The van der Waals surface area contributed by atoms with Gasteiger partial charge in [0.1, 0.15) is 0 Å². The fraction of sp³-hybridized carbons (Fsp3) is 0.333. The number of carbonyl (C=O) groups excluding carboxylic acids is 1. The van der Waals surface area contributed by atoms with Gasteiger partial charge < -0.3 is 10.0 Å². The highest BCUT2D eigenvalue weighted by Crippen LogP contribution is 2.27. The van der Waals surface area contributed by atoms with E-state index in [4.69, 9.17) is 5.11 Å². The summed E-state index contributed by atoms with van der Waals surface area (Å²) in [4.78, 5) is 19.2. The average molecular weight is 328 g/mol. The van der Waals surface area contributed by atoms with Crippen LogP contribution in [0.1, 0.15) is 34.8 Å². The number of pyridine rings is 1. The molecular formula is C18H20N2O2S. The fourth-order valence-corrected chi connectivity index (χ4v) is 3.69. The van der Waals surface area contributed by atoms with E-state index < -0.39 is 0 Å². The Morgan fingerprint density at radius 1 is 1.35 bits per heavy atom. The molecule has 0 unspecified atom stereocenters. The number of rotatable bonds is 4. The van der Waals surface area contributed by atoms with Gasteiger partial charge in [0.2, 0.25) is 5.91 Å². The maximum absolute atomic E-state index is 12.3. The third kappa shape index (κ3) is 4.06. The van der Waals surface area contributed by atoms with Crippen LogP contribution >= 0.6 is 11.3 Å². The predicted molar refractivity (Wildman–Crippen MR) is 92.1 cm³/mol. The molecule has 0 atom stereocenters. The molecule has 1 aliphatic rings. The van der Waals surface area contributed by atoms with Gasteiger partial charge in [0.25, 0.3) is 0 Å². The van der Waals surface area contributed by atoms with Crippen molar-refractivity contribution in [2.45, 2.75) is 25.4 Å². The summed E-state index contributed by atoms with van der Waals surface area (Å²) in [6.07, 6.45) is 9.13. The van der Waals surface area contributed by atoms with Crippen LogP contribution < -0.4 is 0 Å². The van der Waals surface area contributed by atoms with Crippen LogP contribution in [-0.4, -0.2) is 34.0 Å². The second-order valence-corrected chi connectivity index (χ2v) is 6.67. The molecule has 23 heavy (non-hydrogen) atoms. The van der Waals surface area contributed by atoms with Gasteiger partial charge in [-0.2, -0.15) is 0 Å². The Kier molecular flexibility index (Phi) is 5.20. The number of carbonyl (C=O) groups is 1. The molecule has 0 aliphatic carbocycles. The molecule has 3 rings (SSSR count). The minimum Gasteiger partial charge on any atom is -0.392 e. The van der Waals surface area contributed by atoms with E-state index in [0.717, 1.165) is 36.4 Å². The Morgan fingerprint density at radius 2 is 2.09 bits per heavy atom. The van der Waals surface area contributed by atoms with Crippen LogP contribution in [0.2, 0.25) is 0 Å². The van der Waals surface area contributed by atoms with E-state index in [1.54, 1.807) is 6.08 Å². The molecule has 1 amide bonds. The molecule has 1 N–H and O–H groups in total. The number of hydrogen-bond acceptors (Lipinski definition) is 4. The molecule has 4 nitrogen and oxygen atoms in total. The molecule has 0 bridgehead atoms. The van der Waals surface area contributed by atoms with Crippen molar-refractivity contribution in [1.29, 1.82) is 0 Å². The van der Waals surface area contributed by atoms with Crippen molar-refractivity contribution in [2.75, 3.05) is 13.1 Å². The van der Waals surface area contributed by atoms with Gasteiger partial charge in [-0.3, -0.25) is 9.78 Å². The molecule has 2 aromatic rings. The largest absolute Gasteiger partial charge is 0.392 e. The first-order valence-electron chi connectivity index (χ1n) is 7.81. The molecule has 0 radical (unpaired) electrons. The lowest BCUT2D eigenvalue weighted by Crippen LogP contribution is -2.36. The van der Waals surface area contributed by atoms with Crippen molar-refractivity contribution in [3.05, 3.63) is 58.1 Å². The molecular weight excluding hydrogens is 308 g/mol. The summed E-state index contributed by atoms with van der Waals surface area (Å²) in [5.41, 5.74) is 2.21. The smallest absolute Gasteiger partial charge is 0.246 e. The Balaban J connectivity index is 1.54. The SMILES string of the molecule is O=C(C=Cc1cc(CO)cs1)N1CCC(c2ccncc2)CC1. The highest BCUT2D eigenvalue weighted by molar-refractivity contribution is 7.11. The Morgan fingerprint density at radius 3 is 2.74 bits per heavy atom. The number of amides is 1. The third-order valence-corrected chi connectivity index (χ3v) is 5.18. The van der Waals surface area contributed by atoms with Crippen LogP contribution in [0, 0.1) is 0 Å². The van der Waals surface area contributed by atoms with E-state index in [1.165, 1.54) is 16.9 Å². The summed E-state index contributed by atoms with van der Waals surface area (Å²) in [5.74, 6) is 0.590. The van der Waals surface area contributed by atoms with E-state index in [1.807, 2.05) is 34.8 Å². The van der Waals surface area contributed by atoms with E-state index in [2.05, 4.69) is 17.1 Å². The highest BCUT2D eigenvalue weighted by atomic mass is 32.1. The van der Waals surface area contributed by atoms with Crippen LogP contribution in [-0.2, 0) is 11.4 Å². The number of hydrogen-bond donors (Lipinski definition) is 1. The lowest BCUT2D eigenvalue weighted by molar-refractivity contribution is -0.126. The van der Waals surface area contributed by atoms with Gasteiger partial charge in [-0.05, 0) is 59.5 Å². The first-order chi connectivity index (χ1) is 11.3. The standard InChI is InChI=1S/C18H20N2O2S/c21-12-14-11-17(23-13-14)1-2-18(22)20-9-5-16(6-10-20)15-3-7-19-8-4-15/h1-4,7-8,11,13,16,21H,5-6,9-10,12H2. The van der Waals surface area contributed by atoms with Crippen molar-refractivity contribution < 1.29 is 9.90 Å². The van der Waals surface area contributed by atoms with Crippen LogP contribution in [0.3, 0.4) is 0 Å². The van der Waals surface area contributed by atoms with Crippen molar-refractivity contribution in [2.24, 2.45) is 0 Å². The van der Waals surface area contributed by atoms with Crippen LogP contribution in [0.4, 0.5) is 0 Å². The summed E-state index contributed by atoms with van der Waals surface area (Å²) in [7, 11) is 0. The van der Waals surface area contributed by atoms with Gasteiger partial charge in [-0.25, -0.2) is 0 Å². The second kappa shape index (κ2) is 7.53. The monoisotopic (exact) mass is 328 g/mol. The molecule has 5 heteroatoms. The number of aliphatic hydroxyl groups is 1. The topological polar surface area (TPSA) is 53.4 Å². The number of likely N-dealkylation sites (tertiary alicyclic amines) is 1. The average Bonchev–Trinajstić information content (AvgIpc) is 3.09. The van der Waals surface area contributed by atoms with Crippen molar-refractivity contribution in [1.82, 2.24) is 9.88 Å². The highest BCUT2D eigenvalue weighted by Gasteiger charge is 2.22. The summed E-state index contributed by atoms with van der Waals surface area (Å²) in [5, 5.41) is 11.0. The van der Waals surface area contributed by atoms with E-state index in [0.29, 0.717) is 5.92 Å². The summed E-state index contributed by atoms with van der Waals surface area (Å²) < 4.78 is 0. The molecule has 3 heterocycles. The number of aliphatic hydroxyl groups excluding tert-OH is 1. The first kappa shape index (κ1) is 15.9. The Labute approximate surface area is 140 Å². The maximum Gasteiger partial charge on any atom is 0.246 e. The second-order valence-electron chi connectivity index (χ2n) is 5.73. The Bertz CT molecular complexity index is 673. The predicted octanol–water partition coefficient (Wildman–Crippen LogP) is 3.05. The minimum absolute atomic E-state index is 0.0425. The third-order valence-electron chi connectivity index (χ3n) is 4.23. The van der Waals surface area contributed by atoms with E-state index >= 15 is 0 Å².